The van der Waals surface area contributed by atoms with Crippen LogP contribution in [0, 0.1) is 0 Å². The Morgan fingerprint density at radius 2 is 1.21 bits per heavy atom. The molecule has 12 heteroatoms. The molecule has 7 N–H and O–H groups in total. The summed E-state index contributed by atoms with van der Waals surface area (Å²) in [4.78, 5) is 13.2. The first-order valence-corrected chi connectivity index (χ1v) is 11.7. The van der Waals surface area contributed by atoms with Crippen molar-refractivity contribution in [3.05, 3.63) is 0 Å². The van der Waals surface area contributed by atoms with Gasteiger partial charge in [-0.25, -0.2) is 0 Å². The SMILES string of the molecule is CCO[Si](OCC)(OCC)C(CC)Nc1nc(NCCN)nc(NCCN)n1. The summed E-state index contributed by atoms with van der Waals surface area (Å²) < 4.78 is 18.1. The molecule has 0 aromatic carbocycles. The third kappa shape index (κ3) is 7.45. The predicted molar refractivity (Wildman–Crippen MR) is 113 cm³/mol. The molecule has 28 heavy (non-hydrogen) atoms. The fraction of sp³-hybridized carbons (Fsp3) is 0.812. The molecule has 1 rings (SSSR count). The van der Waals surface area contributed by atoms with E-state index >= 15 is 0 Å². The smallest absolute Gasteiger partial charge is 0.373 e. The maximum atomic E-state index is 6.02. The Labute approximate surface area is 168 Å². The highest BCUT2D eigenvalue weighted by Gasteiger charge is 2.49. The molecule has 1 unspecified atom stereocenters. The molecule has 0 bridgehead atoms. The number of nitrogens with two attached hydrogens (primary N) is 2. The molecule has 0 fully saturated rings. The maximum Gasteiger partial charge on any atom is 0.524 e. The van der Waals surface area contributed by atoms with E-state index in [1.165, 1.54) is 0 Å². The van der Waals surface area contributed by atoms with E-state index in [-0.39, 0.29) is 5.67 Å². The number of nitrogens with one attached hydrogen (secondary N) is 3. The average Bonchev–Trinajstić information content (AvgIpc) is 2.69. The normalized spacial score (nSPS) is 12.6. The number of anilines is 3. The van der Waals surface area contributed by atoms with Gasteiger partial charge < -0.3 is 40.7 Å². The van der Waals surface area contributed by atoms with Gasteiger partial charge in [-0.15, -0.1) is 0 Å². The lowest BCUT2D eigenvalue weighted by Gasteiger charge is -2.35. The van der Waals surface area contributed by atoms with Crippen LogP contribution in [0.15, 0.2) is 0 Å². The van der Waals surface area contributed by atoms with Gasteiger partial charge in [0.25, 0.3) is 0 Å². The van der Waals surface area contributed by atoms with Crippen molar-refractivity contribution in [1.29, 1.82) is 0 Å². The predicted octanol–water partition coefficient (Wildman–Crippen LogP) is 0.391. The number of rotatable bonds is 16. The molecule has 0 aliphatic carbocycles. The summed E-state index contributed by atoms with van der Waals surface area (Å²) in [5.41, 5.74) is 10.9. The molecule has 0 spiro atoms. The molecule has 0 radical (unpaired) electrons. The van der Waals surface area contributed by atoms with Crippen molar-refractivity contribution in [3.63, 3.8) is 0 Å². The summed E-state index contributed by atoms with van der Waals surface area (Å²) in [6, 6.07) is 0. The van der Waals surface area contributed by atoms with Gasteiger partial charge >= 0.3 is 8.80 Å². The molecule has 0 amide bonds. The molecule has 162 valence electrons. The van der Waals surface area contributed by atoms with Crippen molar-refractivity contribution in [3.8, 4) is 0 Å². The van der Waals surface area contributed by atoms with E-state index in [4.69, 9.17) is 24.7 Å². The van der Waals surface area contributed by atoms with E-state index in [2.05, 4.69) is 30.9 Å². The van der Waals surface area contributed by atoms with Gasteiger partial charge in [0.05, 0.1) is 5.67 Å². The summed E-state index contributed by atoms with van der Waals surface area (Å²) in [7, 11) is -2.99. The fourth-order valence-corrected chi connectivity index (χ4v) is 5.46. The molecule has 1 aromatic heterocycles. The molecule has 1 atom stereocenters. The van der Waals surface area contributed by atoms with Gasteiger partial charge in [0.15, 0.2) is 0 Å². The highest BCUT2D eigenvalue weighted by atomic mass is 28.4. The lowest BCUT2D eigenvalue weighted by molar-refractivity contribution is 0.0638. The van der Waals surface area contributed by atoms with Gasteiger partial charge in [-0.3, -0.25) is 0 Å². The molecular weight excluding hydrogens is 380 g/mol. The van der Waals surface area contributed by atoms with Crippen molar-refractivity contribution < 1.29 is 13.3 Å². The second-order valence-electron chi connectivity index (χ2n) is 5.74. The Hall–Kier alpha value is -1.57. The van der Waals surface area contributed by atoms with Crippen LogP contribution < -0.4 is 27.4 Å². The van der Waals surface area contributed by atoms with Crippen LogP contribution in [-0.2, 0) is 13.3 Å². The summed E-state index contributed by atoms with van der Waals surface area (Å²) in [5, 5.41) is 9.49. The lowest BCUT2D eigenvalue weighted by atomic mass is 10.5. The monoisotopic (exact) mass is 416 g/mol. The Bertz CT molecular complexity index is 511. The molecule has 0 saturated carbocycles. The van der Waals surface area contributed by atoms with Crippen LogP contribution in [0.4, 0.5) is 17.8 Å². The second kappa shape index (κ2) is 13.6. The van der Waals surface area contributed by atoms with E-state index in [9.17, 15) is 0 Å². The van der Waals surface area contributed by atoms with Gasteiger partial charge in [-0.1, -0.05) is 6.92 Å². The first-order valence-electron chi connectivity index (χ1n) is 9.91. The highest BCUT2D eigenvalue weighted by molar-refractivity contribution is 6.63. The largest absolute Gasteiger partial charge is 0.524 e. The Kier molecular flexibility index (Phi) is 11.9. The van der Waals surface area contributed by atoms with Crippen LogP contribution in [-0.4, -0.2) is 75.4 Å². The molecule has 0 aliphatic heterocycles. The number of hydrogen-bond acceptors (Lipinski definition) is 11. The van der Waals surface area contributed by atoms with Crippen LogP contribution in [0.25, 0.3) is 0 Å². The molecule has 0 aliphatic rings. The van der Waals surface area contributed by atoms with Crippen LogP contribution in [0.1, 0.15) is 34.1 Å². The zero-order valence-corrected chi connectivity index (χ0v) is 18.5. The number of hydrogen-bond donors (Lipinski definition) is 5. The number of aromatic nitrogens is 3. The average molecular weight is 417 g/mol. The molecule has 11 nitrogen and oxygen atoms in total. The van der Waals surface area contributed by atoms with Crippen LogP contribution in [0.3, 0.4) is 0 Å². The van der Waals surface area contributed by atoms with Crippen molar-refractivity contribution in [2.24, 2.45) is 11.5 Å². The zero-order valence-electron chi connectivity index (χ0n) is 17.5. The van der Waals surface area contributed by atoms with Crippen LogP contribution >= 0.6 is 0 Å². The van der Waals surface area contributed by atoms with E-state index in [1.54, 1.807) is 0 Å². The second-order valence-corrected chi connectivity index (χ2v) is 8.51. The Morgan fingerprint density at radius 3 is 1.57 bits per heavy atom. The molecule has 1 aromatic rings. The Morgan fingerprint density at radius 1 is 0.786 bits per heavy atom. The van der Waals surface area contributed by atoms with Crippen LogP contribution in [0.2, 0.25) is 0 Å². The third-order valence-corrected chi connectivity index (χ3v) is 7.14. The third-order valence-electron chi connectivity index (χ3n) is 3.67. The first-order chi connectivity index (χ1) is 13.6. The summed E-state index contributed by atoms with van der Waals surface area (Å²) >= 11 is 0. The first kappa shape index (κ1) is 24.5. The van der Waals surface area contributed by atoms with Crippen molar-refractivity contribution >= 4 is 26.6 Å². The number of nitrogens with zero attached hydrogens (tertiary/aromatic N) is 3. The van der Waals surface area contributed by atoms with Crippen molar-refractivity contribution in [2.75, 3.05) is 62.0 Å². The van der Waals surface area contributed by atoms with E-state index in [1.807, 2.05) is 27.7 Å². The van der Waals surface area contributed by atoms with Gasteiger partial charge in [0.2, 0.25) is 17.8 Å². The van der Waals surface area contributed by atoms with Gasteiger partial charge in [-0.2, -0.15) is 15.0 Å². The van der Waals surface area contributed by atoms with Gasteiger partial charge in [0, 0.05) is 46.0 Å². The van der Waals surface area contributed by atoms with Gasteiger partial charge in [0.1, 0.15) is 0 Å². The molecule has 1 heterocycles. The highest BCUT2D eigenvalue weighted by Crippen LogP contribution is 2.21. The van der Waals surface area contributed by atoms with E-state index in [0.717, 1.165) is 6.42 Å². The van der Waals surface area contributed by atoms with Gasteiger partial charge in [-0.05, 0) is 27.2 Å². The lowest BCUT2D eigenvalue weighted by Crippen LogP contribution is -2.59. The Balaban J connectivity index is 3.15. The van der Waals surface area contributed by atoms with Crippen molar-refractivity contribution in [2.45, 2.75) is 39.8 Å². The minimum Gasteiger partial charge on any atom is -0.373 e. The summed E-state index contributed by atoms with van der Waals surface area (Å²) in [5.74, 6) is 1.25. The van der Waals surface area contributed by atoms with Crippen molar-refractivity contribution in [1.82, 2.24) is 15.0 Å². The topological polar surface area (TPSA) is 154 Å². The minimum absolute atomic E-state index is 0.209. The molecular formula is C16H36N8O3Si. The van der Waals surface area contributed by atoms with Crippen LogP contribution in [0.5, 0.6) is 0 Å². The molecule has 0 saturated heterocycles. The zero-order chi connectivity index (χ0) is 20.8. The quantitative estimate of drug-likeness (QED) is 0.238. The minimum atomic E-state index is -2.99. The fourth-order valence-electron chi connectivity index (χ4n) is 2.59. The summed E-state index contributed by atoms with van der Waals surface area (Å²) in [6.07, 6.45) is 0.717. The standard InChI is InChI=1S/C16H36N8O3Si/c1-5-13(28(25-6-2,26-7-3)27-8-4)21-16-23-14(19-11-9-17)22-15(24-16)20-12-10-18/h13H,5-12,17-18H2,1-4H3,(H3,19,20,21,22,23,24). The summed E-state index contributed by atoms with van der Waals surface area (Å²) in [6.45, 7) is 11.3. The van der Waals surface area contributed by atoms with E-state index < -0.39 is 8.80 Å². The van der Waals surface area contributed by atoms with E-state index in [0.29, 0.717) is 63.8 Å². The maximum absolute atomic E-state index is 6.02.